The molecule has 2 aromatic heterocycles. The van der Waals surface area contributed by atoms with Crippen LogP contribution in [-0.4, -0.2) is 16.5 Å². The summed E-state index contributed by atoms with van der Waals surface area (Å²) in [4.78, 5) is 9.04. The van der Waals surface area contributed by atoms with Crippen molar-refractivity contribution in [3.05, 3.63) is 76.9 Å². The summed E-state index contributed by atoms with van der Waals surface area (Å²) in [5.41, 5.74) is 3.25. The Bertz CT molecular complexity index is 878. The highest BCUT2D eigenvalue weighted by Crippen LogP contribution is 2.29. The van der Waals surface area contributed by atoms with Crippen LogP contribution in [0.2, 0.25) is 0 Å². The zero-order chi connectivity index (χ0) is 17.9. The van der Waals surface area contributed by atoms with Crippen molar-refractivity contribution in [3.63, 3.8) is 0 Å². The van der Waals surface area contributed by atoms with Gasteiger partial charge in [-0.25, -0.2) is 14.4 Å². The number of nitrogens with zero attached hydrogens (tertiary/aromatic N) is 2. The molecule has 1 aromatic carbocycles. The lowest BCUT2D eigenvalue weighted by molar-refractivity contribution is 0.477. The summed E-state index contributed by atoms with van der Waals surface area (Å²) in [5.74, 6) is 2.38. The molecule has 1 unspecified atom stereocenters. The lowest BCUT2D eigenvalue weighted by atomic mass is 9.93. The van der Waals surface area contributed by atoms with Crippen LogP contribution in [0.5, 0.6) is 0 Å². The molecule has 0 aliphatic carbocycles. The number of aromatic nitrogens is 2. The first-order valence-corrected chi connectivity index (χ1v) is 8.80. The molecule has 1 atom stereocenters. The molecule has 1 aliphatic heterocycles. The van der Waals surface area contributed by atoms with Gasteiger partial charge >= 0.3 is 0 Å². The van der Waals surface area contributed by atoms with Gasteiger partial charge in [0.05, 0.1) is 12.0 Å². The monoisotopic (exact) mass is 352 g/mol. The minimum Gasteiger partial charge on any atom is -0.469 e. The molecule has 2 N–H and O–H groups in total. The van der Waals surface area contributed by atoms with Gasteiger partial charge in [0.1, 0.15) is 23.2 Å². The number of benzene rings is 1. The van der Waals surface area contributed by atoms with Gasteiger partial charge in [0.25, 0.3) is 0 Å². The molecule has 0 saturated carbocycles. The molecule has 26 heavy (non-hydrogen) atoms. The van der Waals surface area contributed by atoms with E-state index < -0.39 is 0 Å². The van der Waals surface area contributed by atoms with Crippen LogP contribution < -0.4 is 10.6 Å². The lowest BCUT2D eigenvalue weighted by Crippen LogP contribution is -2.12. The Morgan fingerprint density at radius 2 is 2.04 bits per heavy atom. The molecule has 0 saturated heterocycles. The van der Waals surface area contributed by atoms with E-state index in [1.165, 1.54) is 12.1 Å². The Balaban J connectivity index is 1.50. The maximum atomic E-state index is 13.3. The third kappa shape index (κ3) is 3.46. The summed E-state index contributed by atoms with van der Waals surface area (Å²) in [6.07, 6.45) is 2.48. The molecule has 0 amide bonds. The Morgan fingerprint density at radius 1 is 1.19 bits per heavy atom. The second-order valence-corrected chi connectivity index (χ2v) is 6.48. The smallest absolute Gasteiger partial charge is 0.134 e. The van der Waals surface area contributed by atoms with Crippen LogP contribution in [0.25, 0.3) is 0 Å². The van der Waals surface area contributed by atoms with E-state index in [0.29, 0.717) is 0 Å². The SMILES string of the molecule is Cc1nc2c(c(NCCC(c3ccc(F)cc3)c3ccco3)n1)CNC2. The van der Waals surface area contributed by atoms with Crippen molar-refractivity contribution in [3.8, 4) is 0 Å². The van der Waals surface area contributed by atoms with E-state index in [0.717, 1.165) is 60.3 Å². The molecule has 6 heteroatoms. The summed E-state index contributed by atoms with van der Waals surface area (Å²) in [6.45, 7) is 4.22. The van der Waals surface area contributed by atoms with Crippen LogP contribution in [0.15, 0.2) is 47.1 Å². The fraction of sp³-hybridized carbons (Fsp3) is 0.300. The standard InChI is InChI=1S/C20H21FN4O/c1-13-24-18-12-22-11-17(18)20(25-13)23-9-8-16(19-3-2-10-26-19)14-4-6-15(21)7-5-14/h2-7,10,16,22H,8-9,11-12H2,1H3,(H,23,24,25). The lowest BCUT2D eigenvalue weighted by Gasteiger charge is -2.17. The van der Waals surface area contributed by atoms with Crippen molar-refractivity contribution in [1.29, 1.82) is 0 Å². The number of hydrogen-bond acceptors (Lipinski definition) is 5. The third-order valence-electron chi connectivity index (χ3n) is 4.68. The summed E-state index contributed by atoms with van der Waals surface area (Å²) in [7, 11) is 0. The van der Waals surface area contributed by atoms with Gasteiger partial charge in [0, 0.05) is 31.1 Å². The van der Waals surface area contributed by atoms with E-state index >= 15 is 0 Å². The van der Waals surface area contributed by atoms with E-state index in [9.17, 15) is 4.39 Å². The van der Waals surface area contributed by atoms with Gasteiger partial charge in [-0.15, -0.1) is 0 Å². The zero-order valence-electron chi connectivity index (χ0n) is 14.6. The maximum Gasteiger partial charge on any atom is 0.134 e. The minimum absolute atomic E-state index is 0.0622. The molecule has 0 spiro atoms. The molecular weight excluding hydrogens is 331 g/mol. The summed E-state index contributed by atoms with van der Waals surface area (Å²) in [5, 5.41) is 6.77. The minimum atomic E-state index is -0.232. The van der Waals surface area contributed by atoms with Gasteiger partial charge in [-0.1, -0.05) is 12.1 Å². The van der Waals surface area contributed by atoms with Gasteiger partial charge in [-0.3, -0.25) is 0 Å². The Labute approximate surface area is 151 Å². The highest BCUT2D eigenvalue weighted by Gasteiger charge is 2.20. The van der Waals surface area contributed by atoms with E-state index in [-0.39, 0.29) is 11.7 Å². The van der Waals surface area contributed by atoms with Crippen LogP contribution in [-0.2, 0) is 13.1 Å². The Hall–Kier alpha value is -2.73. The predicted molar refractivity (Wildman–Crippen MR) is 97.4 cm³/mol. The normalized spacial score (nSPS) is 14.2. The number of nitrogens with one attached hydrogen (secondary N) is 2. The Morgan fingerprint density at radius 3 is 2.81 bits per heavy atom. The van der Waals surface area contributed by atoms with Crippen LogP contribution >= 0.6 is 0 Å². The fourth-order valence-corrected chi connectivity index (χ4v) is 3.43. The van der Waals surface area contributed by atoms with Gasteiger partial charge in [-0.05, 0) is 43.2 Å². The van der Waals surface area contributed by atoms with E-state index in [4.69, 9.17) is 4.42 Å². The number of halogens is 1. The van der Waals surface area contributed by atoms with Crippen molar-refractivity contribution in [2.45, 2.75) is 32.4 Å². The van der Waals surface area contributed by atoms with Gasteiger partial charge in [-0.2, -0.15) is 0 Å². The van der Waals surface area contributed by atoms with Crippen LogP contribution in [0.3, 0.4) is 0 Å². The second kappa shape index (κ2) is 7.25. The molecule has 0 radical (unpaired) electrons. The number of anilines is 1. The first kappa shape index (κ1) is 16.7. The molecule has 3 aromatic rings. The summed E-state index contributed by atoms with van der Waals surface area (Å²) in [6, 6.07) is 10.5. The van der Waals surface area contributed by atoms with Crippen LogP contribution in [0.1, 0.15) is 40.7 Å². The highest BCUT2D eigenvalue weighted by molar-refractivity contribution is 5.48. The van der Waals surface area contributed by atoms with Crippen molar-refractivity contribution in [2.75, 3.05) is 11.9 Å². The first-order chi connectivity index (χ1) is 12.7. The molecule has 5 nitrogen and oxygen atoms in total. The second-order valence-electron chi connectivity index (χ2n) is 6.48. The van der Waals surface area contributed by atoms with Gasteiger partial charge in [0.15, 0.2) is 0 Å². The van der Waals surface area contributed by atoms with E-state index in [2.05, 4.69) is 20.6 Å². The molecular formula is C20H21FN4O. The number of hydrogen-bond donors (Lipinski definition) is 2. The third-order valence-corrected chi connectivity index (χ3v) is 4.68. The molecule has 3 heterocycles. The fourth-order valence-electron chi connectivity index (χ4n) is 3.43. The highest BCUT2D eigenvalue weighted by atomic mass is 19.1. The quantitative estimate of drug-likeness (QED) is 0.707. The predicted octanol–water partition coefficient (Wildman–Crippen LogP) is 3.75. The van der Waals surface area contributed by atoms with E-state index in [1.54, 1.807) is 6.26 Å². The first-order valence-electron chi connectivity index (χ1n) is 8.80. The molecule has 0 bridgehead atoms. The van der Waals surface area contributed by atoms with Crippen molar-refractivity contribution in [2.24, 2.45) is 0 Å². The number of aryl methyl sites for hydroxylation is 1. The van der Waals surface area contributed by atoms with Crippen LogP contribution in [0.4, 0.5) is 10.2 Å². The maximum absolute atomic E-state index is 13.3. The molecule has 134 valence electrons. The van der Waals surface area contributed by atoms with Gasteiger partial charge in [0.2, 0.25) is 0 Å². The molecule has 0 fully saturated rings. The summed E-state index contributed by atoms with van der Waals surface area (Å²) >= 11 is 0. The average molecular weight is 352 g/mol. The van der Waals surface area contributed by atoms with Crippen LogP contribution in [0, 0.1) is 12.7 Å². The summed E-state index contributed by atoms with van der Waals surface area (Å²) < 4.78 is 18.9. The average Bonchev–Trinajstić information content (AvgIpc) is 3.31. The number of rotatable bonds is 6. The zero-order valence-corrected chi connectivity index (χ0v) is 14.6. The van der Waals surface area contributed by atoms with Crippen molar-refractivity contribution < 1.29 is 8.81 Å². The van der Waals surface area contributed by atoms with Crippen molar-refractivity contribution >= 4 is 5.82 Å². The topological polar surface area (TPSA) is 63.0 Å². The largest absolute Gasteiger partial charge is 0.469 e. The van der Waals surface area contributed by atoms with Gasteiger partial charge < -0.3 is 15.1 Å². The Kier molecular flexibility index (Phi) is 4.67. The van der Waals surface area contributed by atoms with Crippen molar-refractivity contribution in [1.82, 2.24) is 15.3 Å². The van der Waals surface area contributed by atoms with E-state index in [1.807, 2.05) is 31.2 Å². The number of fused-ring (bicyclic) bond motifs is 1. The molecule has 1 aliphatic rings. The molecule has 4 rings (SSSR count). The number of furan rings is 1.